The SMILES string of the molecule is COc1c(C2OC(CO)C(O)C(O)C2OC2OCC(O)(CO)C2O)c(O)c2c(=O)cc(-c3ccc(O)cc3)oc2c1OC. The Bertz CT molecular complexity index is 1520. The maximum Gasteiger partial charge on any atom is 0.205 e. The highest BCUT2D eigenvalue weighted by atomic mass is 16.7. The van der Waals surface area contributed by atoms with Crippen LogP contribution < -0.4 is 14.9 Å². The zero-order chi connectivity index (χ0) is 31.2. The van der Waals surface area contributed by atoms with Crippen molar-refractivity contribution in [3.63, 3.8) is 0 Å². The van der Waals surface area contributed by atoms with Crippen molar-refractivity contribution in [3.05, 3.63) is 46.1 Å². The van der Waals surface area contributed by atoms with Gasteiger partial charge in [-0.25, -0.2) is 0 Å². The standard InChI is InChI=1S/C28H32O15/c1-38-21-17(19(34)16-13(32)7-14(41-22(16)25(21)39-2)11-3-5-12(31)6-4-11)23-24(20(35)18(33)15(8-29)42-23)43-27-26(36)28(37,9-30)10-40-27/h3-7,15,18,20,23-24,26-27,29-31,33-37H,8-10H2,1-2H3. The van der Waals surface area contributed by atoms with Crippen LogP contribution in [0.25, 0.3) is 22.3 Å². The Balaban J connectivity index is 1.69. The molecule has 3 aromatic rings. The number of aliphatic hydroxyl groups is 6. The van der Waals surface area contributed by atoms with Gasteiger partial charge in [0.25, 0.3) is 0 Å². The van der Waals surface area contributed by atoms with E-state index in [1.54, 1.807) is 0 Å². The molecule has 2 fully saturated rings. The Morgan fingerprint density at radius 1 is 1.00 bits per heavy atom. The molecule has 5 rings (SSSR count). The van der Waals surface area contributed by atoms with Crippen LogP contribution in [0.15, 0.2) is 39.5 Å². The molecule has 2 aliphatic rings. The highest BCUT2D eigenvalue weighted by Gasteiger charge is 2.54. The maximum absolute atomic E-state index is 13.4. The number of hydrogen-bond acceptors (Lipinski definition) is 15. The fourth-order valence-corrected chi connectivity index (χ4v) is 5.30. The van der Waals surface area contributed by atoms with Gasteiger partial charge < -0.3 is 69.0 Å². The highest BCUT2D eigenvalue weighted by Crippen LogP contribution is 2.51. The van der Waals surface area contributed by atoms with Crippen LogP contribution in [0.2, 0.25) is 0 Å². The number of rotatable bonds is 8. The number of ether oxygens (including phenoxy) is 5. The monoisotopic (exact) mass is 608 g/mol. The van der Waals surface area contributed by atoms with Crippen molar-refractivity contribution >= 4 is 11.0 Å². The first kappa shape index (κ1) is 30.9. The van der Waals surface area contributed by atoms with Crippen LogP contribution in [0, 0.1) is 0 Å². The van der Waals surface area contributed by atoms with Gasteiger partial charge in [0.15, 0.2) is 23.1 Å². The molecule has 2 aliphatic heterocycles. The number of methoxy groups -OCH3 is 2. The fraction of sp³-hybridized carbons (Fsp3) is 0.464. The Morgan fingerprint density at radius 3 is 2.26 bits per heavy atom. The van der Waals surface area contributed by atoms with Crippen LogP contribution in [0.3, 0.4) is 0 Å². The lowest BCUT2D eigenvalue weighted by atomic mass is 9.89. The van der Waals surface area contributed by atoms with Gasteiger partial charge in [-0.1, -0.05) is 0 Å². The van der Waals surface area contributed by atoms with Crippen molar-refractivity contribution in [2.45, 2.75) is 48.5 Å². The van der Waals surface area contributed by atoms with Gasteiger partial charge in [-0.2, -0.15) is 0 Å². The van der Waals surface area contributed by atoms with Crippen LogP contribution in [0.5, 0.6) is 23.0 Å². The van der Waals surface area contributed by atoms with Crippen molar-refractivity contribution in [2.24, 2.45) is 0 Å². The number of benzene rings is 2. The van der Waals surface area contributed by atoms with Crippen molar-refractivity contribution < 1.29 is 69.0 Å². The third-order valence-electron chi connectivity index (χ3n) is 7.68. The molecule has 15 nitrogen and oxygen atoms in total. The summed E-state index contributed by atoms with van der Waals surface area (Å²) in [5.41, 5.74) is -2.90. The average Bonchev–Trinajstić information content (AvgIpc) is 3.28. The molecule has 0 saturated carbocycles. The molecule has 43 heavy (non-hydrogen) atoms. The minimum atomic E-state index is -2.09. The summed E-state index contributed by atoms with van der Waals surface area (Å²) >= 11 is 0. The van der Waals surface area contributed by atoms with E-state index in [0.29, 0.717) is 5.56 Å². The molecule has 0 aliphatic carbocycles. The van der Waals surface area contributed by atoms with Gasteiger partial charge in [0.1, 0.15) is 64.9 Å². The van der Waals surface area contributed by atoms with Crippen molar-refractivity contribution in [3.8, 4) is 34.3 Å². The zero-order valence-electron chi connectivity index (χ0n) is 23.0. The third kappa shape index (κ3) is 5.18. The van der Waals surface area contributed by atoms with Crippen LogP contribution in [0.1, 0.15) is 11.7 Å². The Hall–Kier alpha value is -3.51. The molecule has 8 N–H and O–H groups in total. The number of hydrogen-bond donors (Lipinski definition) is 8. The number of phenolic OH excluding ortho intramolecular Hbond substituents is 2. The molecular formula is C28H32O15. The number of fused-ring (bicyclic) bond motifs is 1. The van der Waals surface area contributed by atoms with Crippen LogP contribution in [-0.2, 0) is 14.2 Å². The molecule has 8 unspecified atom stereocenters. The van der Waals surface area contributed by atoms with Gasteiger partial charge in [0.05, 0.1) is 39.6 Å². The second kappa shape index (κ2) is 11.9. The van der Waals surface area contributed by atoms with E-state index in [-0.39, 0.29) is 39.5 Å². The highest BCUT2D eigenvalue weighted by molar-refractivity contribution is 5.94. The smallest absolute Gasteiger partial charge is 0.205 e. The largest absolute Gasteiger partial charge is 0.508 e. The van der Waals surface area contributed by atoms with E-state index >= 15 is 0 Å². The predicted molar refractivity (Wildman–Crippen MR) is 144 cm³/mol. The number of aromatic hydroxyl groups is 2. The molecule has 8 atom stereocenters. The second-order valence-electron chi connectivity index (χ2n) is 10.3. The van der Waals surface area contributed by atoms with Gasteiger partial charge in [0, 0.05) is 11.6 Å². The molecule has 2 aromatic carbocycles. The summed E-state index contributed by atoms with van der Waals surface area (Å²) in [6, 6.07) is 6.90. The predicted octanol–water partition coefficient (Wildman–Crippen LogP) is -1.13. The van der Waals surface area contributed by atoms with Gasteiger partial charge in [-0.15, -0.1) is 0 Å². The van der Waals surface area contributed by atoms with E-state index in [0.717, 1.165) is 6.07 Å². The van der Waals surface area contributed by atoms with E-state index in [2.05, 4.69) is 0 Å². The normalized spacial score (nSPS) is 30.9. The first-order chi connectivity index (χ1) is 20.5. The van der Waals surface area contributed by atoms with Crippen LogP contribution in [-0.4, -0.2) is 117 Å². The molecule has 234 valence electrons. The van der Waals surface area contributed by atoms with Crippen LogP contribution >= 0.6 is 0 Å². The van der Waals surface area contributed by atoms with Gasteiger partial charge >= 0.3 is 0 Å². The number of aliphatic hydroxyl groups excluding tert-OH is 5. The molecule has 15 heteroatoms. The van der Waals surface area contributed by atoms with Crippen molar-refractivity contribution in [1.82, 2.24) is 0 Å². The van der Waals surface area contributed by atoms with Gasteiger partial charge in [-0.05, 0) is 24.3 Å². The zero-order valence-corrected chi connectivity index (χ0v) is 23.0. The third-order valence-corrected chi connectivity index (χ3v) is 7.68. The summed E-state index contributed by atoms with van der Waals surface area (Å²) in [6.07, 6.45) is -11.7. The molecule has 0 amide bonds. The molecule has 0 spiro atoms. The summed E-state index contributed by atoms with van der Waals surface area (Å²) < 4.78 is 34.0. The van der Waals surface area contributed by atoms with Gasteiger partial charge in [-0.3, -0.25) is 4.79 Å². The lowest BCUT2D eigenvalue weighted by Gasteiger charge is -2.43. The first-order valence-corrected chi connectivity index (χ1v) is 13.1. The maximum atomic E-state index is 13.4. The summed E-state index contributed by atoms with van der Waals surface area (Å²) in [7, 11) is 2.46. The molecule has 0 bridgehead atoms. The molecule has 3 heterocycles. The summed E-state index contributed by atoms with van der Waals surface area (Å²) in [5.74, 6) is -1.06. The minimum absolute atomic E-state index is 0.0114. The van der Waals surface area contributed by atoms with Crippen molar-refractivity contribution in [2.75, 3.05) is 34.0 Å². The average molecular weight is 609 g/mol. The Kier molecular flexibility index (Phi) is 8.54. The second-order valence-corrected chi connectivity index (χ2v) is 10.3. The lowest BCUT2D eigenvalue weighted by Crippen LogP contribution is -2.58. The van der Waals surface area contributed by atoms with E-state index in [4.69, 9.17) is 28.1 Å². The van der Waals surface area contributed by atoms with Crippen LogP contribution in [0.4, 0.5) is 0 Å². The lowest BCUT2D eigenvalue weighted by molar-refractivity contribution is -0.287. The Labute approximate surface area is 243 Å². The molecule has 2 saturated heterocycles. The summed E-state index contributed by atoms with van der Waals surface area (Å²) in [5, 5.41) is 82.8. The van der Waals surface area contributed by atoms with Crippen molar-refractivity contribution in [1.29, 1.82) is 0 Å². The molecule has 1 aromatic heterocycles. The molecular weight excluding hydrogens is 576 g/mol. The topological polar surface area (TPSA) is 238 Å². The number of phenols is 2. The first-order valence-electron chi connectivity index (χ1n) is 13.1. The molecule has 0 radical (unpaired) electrons. The Morgan fingerprint density at radius 2 is 1.67 bits per heavy atom. The summed E-state index contributed by atoms with van der Waals surface area (Å²) in [6.45, 7) is -2.19. The van der Waals surface area contributed by atoms with Gasteiger partial charge in [0.2, 0.25) is 5.75 Å². The van der Waals surface area contributed by atoms with E-state index in [1.165, 1.54) is 38.5 Å². The fourth-order valence-electron chi connectivity index (χ4n) is 5.30. The van der Waals surface area contributed by atoms with E-state index in [9.17, 15) is 45.6 Å². The summed E-state index contributed by atoms with van der Waals surface area (Å²) in [4.78, 5) is 13.4. The van der Waals surface area contributed by atoms with E-state index < -0.39 is 79.5 Å². The quantitative estimate of drug-likeness (QED) is 0.151. The van der Waals surface area contributed by atoms with E-state index in [1.807, 2.05) is 0 Å². The minimum Gasteiger partial charge on any atom is -0.508 e.